The maximum atomic E-state index is 13.4. The number of Topliss-reactive ketones (excluding diaryl/α,β-unsaturated/α-hetero) is 1. The molecule has 3 amide bonds. The van der Waals surface area contributed by atoms with Gasteiger partial charge < -0.3 is 43.6 Å². The number of carbonyl (C=O) groups excluding carboxylic acids is 5. The molecule has 15 heteroatoms. The summed E-state index contributed by atoms with van der Waals surface area (Å²) < 4.78 is 4.81. The molecule has 3 aromatic carbocycles. The lowest BCUT2D eigenvalue weighted by Crippen LogP contribution is -2.53. The number of para-hydroxylation sites is 1. The SMILES string of the molecule is COC(=O)[C@H](CCCN=C(N)N)NC(=O)[C@H](CCCN=C(N)N)NC(=O)C(=O)c1ccccc1NC(=O)c1ccc2ccccc2c1. The number of anilines is 1. The van der Waals surface area contributed by atoms with Crippen molar-refractivity contribution < 1.29 is 28.7 Å². The fourth-order valence-electron chi connectivity index (χ4n) is 4.60. The molecule has 0 heterocycles. The minimum atomic E-state index is -1.26. The van der Waals surface area contributed by atoms with Crippen molar-refractivity contribution in [2.45, 2.75) is 37.8 Å². The molecule has 0 radical (unpaired) electrons. The number of guanidine groups is 2. The Morgan fingerprint density at radius 1 is 0.745 bits per heavy atom. The first-order valence-corrected chi connectivity index (χ1v) is 14.7. The van der Waals surface area contributed by atoms with Gasteiger partial charge in [0, 0.05) is 18.7 Å². The van der Waals surface area contributed by atoms with Crippen molar-refractivity contribution in [1.29, 1.82) is 0 Å². The molecular weight excluding hydrogens is 606 g/mol. The van der Waals surface area contributed by atoms with Gasteiger partial charge in [-0.25, -0.2) is 4.79 Å². The van der Waals surface area contributed by atoms with Crippen molar-refractivity contribution in [2.24, 2.45) is 32.9 Å². The first-order valence-electron chi connectivity index (χ1n) is 14.7. The van der Waals surface area contributed by atoms with Crippen molar-refractivity contribution >= 4 is 57.9 Å². The highest BCUT2D eigenvalue weighted by Gasteiger charge is 2.29. The Morgan fingerprint density at radius 3 is 1.98 bits per heavy atom. The monoisotopic (exact) mass is 645 g/mol. The molecule has 3 rings (SSSR count). The minimum absolute atomic E-state index is 0.0177. The van der Waals surface area contributed by atoms with Gasteiger partial charge in [0.1, 0.15) is 12.1 Å². The first kappa shape index (κ1) is 35.5. The molecule has 0 aliphatic heterocycles. The fraction of sp³-hybridized carbons (Fsp3) is 0.281. The zero-order chi connectivity index (χ0) is 34.3. The molecular formula is C32H39N9O6. The number of esters is 1. The van der Waals surface area contributed by atoms with E-state index >= 15 is 0 Å². The van der Waals surface area contributed by atoms with E-state index in [1.54, 1.807) is 18.2 Å². The lowest BCUT2D eigenvalue weighted by Gasteiger charge is -2.22. The van der Waals surface area contributed by atoms with Crippen LogP contribution in [-0.4, -0.2) is 73.7 Å². The van der Waals surface area contributed by atoms with Crippen LogP contribution >= 0.6 is 0 Å². The first-order chi connectivity index (χ1) is 22.5. The van der Waals surface area contributed by atoms with E-state index in [-0.39, 0.29) is 55.5 Å². The largest absolute Gasteiger partial charge is 0.467 e. The molecule has 3 aromatic rings. The molecule has 0 aliphatic carbocycles. The predicted molar refractivity (Wildman–Crippen MR) is 178 cm³/mol. The van der Waals surface area contributed by atoms with Crippen LogP contribution in [0, 0.1) is 0 Å². The average Bonchev–Trinajstić information content (AvgIpc) is 3.06. The summed E-state index contributed by atoms with van der Waals surface area (Å²) in [6, 6.07) is 16.4. The van der Waals surface area contributed by atoms with E-state index in [9.17, 15) is 24.0 Å². The number of nitrogens with zero attached hydrogens (tertiary/aromatic N) is 2. The molecule has 0 saturated heterocycles. The van der Waals surface area contributed by atoms with Crippen LogP contribution in [0.1, 0.15) is 46.4 Å². The molecule has 0 fully saturated rings. The number of methoxy groups -OCH3 is 1. The molecule has 0 aliphatic rings. The highest BCUT2D eigenvalue weighted by atomic mass is 16.5. The Labute approximate surface area is 271 Å². The zero-order valence-corrected chi connectivity index (χ0v) is 25.9. The second kappa shape index (κ2) is 17.5. The van der Waals surface area contributed by atoms with Gasteiger partial charge in [-0.3, -0.25) is 29.2 Å². The number of aliphatic imine (C=N–C) groups is 2. The number of fused-ring (bicyclic) bond motifs is 1. The fourth-order valence-corrected chi connectivity index (χ4v) is 4.60. The van der Waals surface area contributed by atoms with E-state index < -0.39 is 41.6 Å². The smallest absolute Gasteiger partial charge is 0.328 e. The number of rotatable bonds is 16. The molecule has 2 atom stereocenters. The number of nitrogens with one attached hydrogen (secondary N) is 3. The molecule has 0 aromatic heterocycles. The van der Waals surface area contributed by atoms with Crippen LogP contribution in [0.25, 0.3) is 10.8 Å². The summed E-state index contributed by atoms with van der Waals surface area (Å²) in [6.45, 7) is 0.341. The Morgan fingerprint density at radius 2 is 1.34 bits per heavy atom. The number of hydrogen-bond donors (Lipinski definition) is 7. The summed E-state index contributed by atoms with van der Waals surface area (Å²) in [7, 11) is 1.17. The van der Waals surface area contributed by atoms with Crippen molar-refractivity contribution in [2.75, 3.05) is 25.5 Å². The van der Waals surface area contributed by atoms with Crippen molar-refractivity contribution in [3.8, 4) is 0 Å². The quantitative estimate of drug-likeness (QED) is 0.0284. The third kappa shape index (κ3) is 10.8. The topological polar surface area (TPSA) is 259 Å². The average molecular weight is 646 g/mol. The van der Waals surface area contributed by atoms with Crippen LogP contribution < -0.4 is 38.9 Å². The number of ether oxygens (including phenoxy) is 1. The Balaban J connectivity index is 1.77. The van der Waals surface area contributed by atoms with Gasteiger partial charge in [0.2, 0.25) is 5.91 Å². The minimum Gasteiger partial charge on any atom is -0.467 e. The van der Waals surface area contributed by atoms with Crippen LogP contribution in [-0.2, 0) is 19.1 Å². The summed E-state index contributed by atoms with van der Waals surface area (Å²) in [5, 5.41) is 9.53. The number of benzene rings is 3. The molecule has 15 nitrogen and oxygen atoms in total. The lowest BCUT2D eigenvalue weighted by molar-refractivity contribution is -0.145. The van der Waals surface area contributed by atoms with Gasteiger partial charge in [-0.1, -0.05) is 42.5 Å². The van der Waals surface area contributed by atoms with Crippen LogP contribution in [0.2, 0.25) is 0 Å². The Hall–Kier alpha value is -5.99. The highest BCUT2D eigenvalue weighted by molar-refractivity contribution is 6.44. The zero-order valence-electron chi connectivity index (χ0n) is 25.9. The van der Waals surface area contributed by atoms with Gasteiger partial charge >= 0.3 is 5.97 Å². The van der Waals surface area contributed by atoms with Gasteiger partial charge in [-0.2, -0.15) is 0 Å². The number of amides is 3. The van der Waals surface area contributed by atoms with Crippen LogP contribution in [0.15, 0.2) is 76.7 Å². The number of ketones is 1. The van der Waals surface area contributed by atoms with E-state index in [0.29, 0.717) is 12.0 Å². The third-order valence-corrected chi connectivity index (χ3v) is 6.95. The van der Waals surface area contributed by atoms with Gasteiger partial charge in [0.15, 0.2) is 11.9 Å². The summed E-state index contributed by atoms with van der Waals surface area (Å²) in [5.74, 6) is -4.33. The van der Waals surface area contributed by atoms with E-state index in [0.717, 1.165) is 10.8 Å². The number of carbonyl (C=O) groups is 5. The highest BCUT2D eigenvalue weighted by Crippen LogP contribution is 2.20. The normalized spacial score (nSPS) is 11.8. The van der Waals surface area contributed by atoms with E-state index in [4.69, 9.17) is 27.7 Å². The van der Waals surface area contributed by atoms with Gasteiger partial charge in [0.25, 0.3) is 17.6 Å². The summed E-state index contributed by atoms with van der Waals surface area (Å²) >= 11 is 0. The van der Waals surface area contributed by atoms with Crippen molar-refractivity contribution in [1.82, 2.24) is 10.6 Å². The molecule has 0 unspecified atom stereocenters. The predicted octanol–water partition coefficient (Wildman–Crippen LogP) is 0.525. The number of hydrogen-bond acceptors (Lipinski definition) is 8. The van der Waals surface area contributed by atoms with Gasteiger partial charge in [-0.05, 0) is 60.7 Å². The van der Waals surface area contributed by atoms with Crippen molar-refractivity contribution in [3.63, 3.8) is 0 Å². The molecule has 47 heavy (non-hydrogen) atoms. The lowest BCUT2D eigenvalue weighted by atomic mass is 10.0. The van der Waals surface area contributed by atoms with Crippen LogP contribution in [0.4, 0.5) is 5.69 Å². The van der Waals surface area contributed by atoms with Crippen molar-refractivity contribution in [3.05, 3.63) is 77.9 Å². The Kier molecular flexibility index (Phi) is 13.2. The maximum Gasteiger partial charge on any atom is 0.328 e. The number of nitrogens with two attached hydrogens (primary N) is 4. The molecule has 0 spiro atoms. The molecule has 0 saturated carbocycles. The van der Waals surface area contributed by atoms with Crippen LogP contribution in [0.5, 0.6) is 0 Å². The van der Waals surface area contributed by atoms with Gasteiger partial charge in [0.05, 0.1) is 18.4 Å². The second-order valence-electron chi connectivity index (χ2n) is 10.4. The molecule has 0 bridgehead atoms. The van der Waals surface area contributed by atoms with Gasteiger partial charge in [-0.15, -0.1) is 0 Å². The molecule has 11 N–H and O–H groups in total. The summed E-state index contributed by atoms with van der Waals surface area (Å²) in [6.07, 6.45) is 0.729. The van der Waals surface area contributed by atoms with E-state index in [1.807, 2.05) is 30.3 Å². The third-order valence-electron chi connectivity index (χ3n) is 6.95. The van der Waals surface area contributed by atoms with E-state index in [1.165, 1.54) is 25.3 Å². The standard InChI is InChI=1S/C32H39N9O6/c1-47-30(46)25(13-7-17-38-32(35)36)41-28(44)24(12-6-16-37-31(33)34)40-29(45)26(42)22-10-4-5-11-23(22)39-27(43)21-15-14-19-8-2-3-9-20(19)18-21/h2-5,8-11,14-15,18,24-25H,6-7,12-13,16-17H2,1H3,(H,39,43)(H,40,45)(H,41,44)(H4,33,34,37)(H4,35,36,38)/t24-,25-/m0/s1. The van der Waals surface area contributed by atoms with E-state index in [2.05, 4.69) is 25.9 Å². The maximum absolute atomic E-state index is 13.4. The second-order valence-corrected chi connectivity index (χ2v) is 10.4. The Bertz CT molecular complexity index is 1670. The summed E-state index contributed by atoms with van der Waals surface area (Å²) in [4.78, 5) is 73.2. The summed E-state index contributed by atoms with van der Waals surface area (Å²) in [5.41, 5.74) is 21.8. The van der Waals surface area contributed by atoms with Crippen LogP contribution in [0.3, 0.4) is 0 Å². The molecule has 248 valence electrons.